The van der Waals surface area contributed by atoms with E-state index in [1.807, 2.05) is 19.4 Å². The zero-order chi connectivity index (χ0) is 18.1. The molecule has 2 rings (SSSR count). The number of hydrogen-bond donors (Lipinski definition) is 2. The van der Waals surface area contributed by atoms with E-state index in [0.29, 0.717) is 6.54 Å². The average molecular weight is 342 g/mol. The number of rotatable bonds is 8. The third kappa shape index (κ3) is 5.08. The fraction of sp³-hybridized carbons (Fsp3) is 0.500. The molecule has 0 saturated heterocycles. The number of benzene rings is 1. The van der Waals surface area contributed by atoms with E-state index in [-0.39, 0.29) is 5.41 Å². The highest BCUT2D eigenvalue weighted by molar-refractivity contribution is 5.79. The predicted molar refractivity (Wildman–Crippen MR) is 105 cm³/mol. The van der Waals surface area contributed by atoms with Gasteiger partial charge in [0.2, 0.25) is 0 Å². The fourth-order valence-electron chi connectivity index (χ4n) is 3.12. The van der Waals surface area contributed by atoms with E-state index in [1.54, 1.807) is 4.68 Å². The lowest BCUT2D eigenvalue weighted by Gasteiger charge is -2.33. The molecule has 0 bridgehead atoms. The van der Waals surface area contributed by atoms with Gasteiger partial charge in [0.25, 0.3) is 0 Å². The van der Waals surface area contributed by atoms with Crippen LogP contribution in [0.1, 0.15) is 44.7 Å². The van der Waals surface area contributed by atoms with Crippen LogP contribution in [0.15, 0.2) is 47.7 Å². The minimum absolute atomic E-state index is 0.117. The van der Waals surface area contributed by atoms with Gasteiger partial charge in [0.05, 0.1) is 12.7 Å². The Bertz CT molecular complexity index is 656. The molecule has 25 heavy (non-hydrogen) atoms. The lowest BCUT2D eigenvalue weighted by molar-refractivity contribution is 0.389. The second-order valence-electron chi connectivity index (χ2n) is 6.42. The predicted octanol–water partition coefficient (Wildman–Crippen LogP) is 3.23. The van der Waals surface area contributed by atoms with Crippen LogP contribution in [0.5, 0.6) is 0 Å². The second kappa shape index (κ2) is 9.25. The summed E-state index contributed by atoms with van der Waals surface area (Å²) in [5.41, 5.74) is 2.61. The summed E-state index contributed by atoms with van der Waals surface area (Å²) in [7, 11) is 1.92. The molecule has 0 amide bonds. The van der Waals surface area contributed by atoms with E-state index >= 15 is 0 Å². The van der Waals surface area contributed by atoms with Gasteiger partial charge < -0.3 is 10.6 Å². The minimum atomic E-state index is 0.117. The molecule has 2 aromatic rings. The molecule has 0 atom stereocenters. The van der Waals surface area contributed by atoms with Crippen LogP contribution in [0, 0.1) is 0 Å². The van der Waals surface area contributed by atoms with E-state index in [1.165, 1.54) is 5.56 Å². The van der Waals surface area contributed by atoms with Crippen molar-refractivity contribution >= 4 is 5.96 Å². The molecular formula is C20H31N5. The number of aliphatic imine (C=N–C) groups is 1. The topological polar surface area (TPSA) is 54.2 Å². The van der Waals surface area contributed by atoms with Crippen molar-refractivity contribution < 1.29 is 0 Å². The summed E-state index contributed by atoms with van der Waals surface area (Å²) in [6, 6.07) is 10.8. The van der Waals surface area contributed by atoms with Crippen molar-refractivity contribution in [1.29, 1.82) is 0 Å². The van der Waals surface area contributed by atoms with Gasteiger partial charge in [-0.25, -0.2) is 4.99 Å². The standard InChI is InChI=1S/C20H31N5/c1-5-20(6-2,18-11-9-8-10-12-18)16-23-19(21-7-3)22-13-17-14-24-25(4)15-17/h8-12,14-15H,5-7,13,16H2,1-4H3,(H2,21,22,23). The van der Waals surface area contributed by atoms with Crippen LogP contribution >= 0.6 is 0 Å². The molecule has 0 radical (unpaired) electrons. The average Bonchev–Trinajstić information content (AvgIpc) is 3.07. The van der Waals surface area contributed by atoms with Crippen LogP contribution in [-0.2, 0) is 19.0 Å². The number of guanidine groups is 1. The Morgan fingerprint density at radius 2 is 1.84 bits per heavy atom. The van der Waals surface area contributed by atoms with Crippen molar-refractivity contribution in [2.45, 2.75) is 45.6 Å². The highest BCUT2D eigenvalue weighted by atomic mass is 15.2. The van der Waals surface area contributed by atoms with Gasteiger partial charge in [0.15, 0.2) is 5.96 Å². The number of aromatic nitrogens is 2. The van der Waals surface area contributed by atoms with Gasteiger partial charge in [-0.05, 0) is 25.3 Å². The van der Waals surface area contributed by atoms with Crippen molar-refractivity contribution in [2.75, 3.05) is 13.1 Å². The number of hydrogen-bond acceptors (Lipinski definition) is 2. The second-order valence-corrected chi connectivity index (χ2v) is 6.42. The van der Waals surface area contributed by atoms with Gasteiger partial charge in [0.1, 0.15) is 0 Å². The van der Waals surface area contributed by atoms with Crippen LogP contribution < -0.4 is 10.6 Å². The fourth-order valence-corrected chi connectivity index (χ4v) is 3.12. The molecule has 136 valence electrons. The van der Waals surface area contributed by atoms with Crippen molar-refractivity contribution in [3.63, 3.8) is 0 Å². The van der Waals surface area contributed by atoms with E-state index < -0.39 is 0 Å². The molecule has 0 aliphatic carbocycles. The molecule has 0 aliphatic heterocycles. The van der Waals surface area contributed by atoms with Crippen LogP contribution in [-0.4, -0.2) is 28.8 Å². The SMILES string of the molecule is CCNC(=NCc1cnn(C)c1)NCC(CC)(CC)c1ccccc1. The molecule has 5 heteroatoms. The van der Waals surface area contributed by atoms with Gasteiger partial charge >= 0.3 is 0 Å². The molecule has 5 nitrogen and oxygen atoms in total. The third-order valence-corrected chi connectivity index (χ3v) is 4.86. The molecule has 0 saturated carbocycles. The highest BCUT2D eigenvalue weighted by Gasteiger charge is 2.28. The van der Waals surface area contributed by atoms with E-state index in [9.17, 15) is 0 Å². The monoisotopic (exact) mass is 341 g/mol. The van der Waals surface area contributed by atoms with Crippen molar-refractivity contribution in [3.8, 4) is 0 Å². The molecule has 1 aromatic heterocycles. The summed E-state index contributed by atoms with van der Waals surface area (Å²) in [5, 5.41) is 11.1. The van der Waals surface area contributed by atoms with Gasteiger partial charge in [-0.3, -0.25) is 4.68 Å². The van der Waals surface area contributed by atoms with Crippen LogP contribution in [0.2, 0.25) is 0 Å². The van der Waals surface area contributed by atoms with Crippen LogP contribution in [0.4, 0.5) is 0 Å². The summed E-state index contributed by atoms with van der Waals surface area (Å²) in [6.45, 7) is 8.94. The van der Waals surface area contributed by atoms with Crippen LogP contribution in [0.25, 0.3) is 0 Å². The molecule has 1 heterocycles. The van der Waals surface area contributed by atoms with Crippen LogP contribution in [0.3, 0.4) is 0 Å². The van der Waals surface area contributed by atoms with Gasteiger partial charge in [-0.15, -0.1) is 0 Å². The first-order valence-corrected chi connectivity index (χ1v) is 9.18. The van der Waals surface area contributed by atoms with Crippen molar-refractivity contribution in [3.05, 3.63) is 53.9 Å². The number of nitrogens with one attached hydrogen (secondary N) is 2. The first-order chi connectivity index (χ1) is 12.1. The normalized spacial score (nSPS) is 12.2. The summed E-state index contributed by atoms with van der Waals surface area (Å²) in [6.07, 6.45) is 6.03. The van der Waals surface area contributed by atoms with Gasteiger partial charge in [-0.1, -0.05) is 44.2 Å². The Balaban J connectivity index is 2.09. The molecule has 0 unspecified atom stereocenters. The zero-order valence-electron chi connectivity index (χ0n) is 15.9. The quantitative estimate of drug-likeness (QED) is 0.572. The van der Waals surface area contributed by atoms with Gasteiger partial charge in [0, 0.05) is 37.3 Å². The summed E-state index contributed by atoms with van der Waals surface area (Å²) in [4.78, 5) is 4.70. The lowest BCUT2D eigenvalue weighted by Crippen LogP contribution is -2.45. The molecular weight excluding hydrogens is 310 g/mol. The van der Waals surface area contributed by atoms with Crippen molar-refractivity contribution in [2.24, 2.45) is 12.0 Å². The molecule has 2 N–H and O–H groups in total. The summed E-state index contributed by atoms with van der Waals surface area (Å²) >= 11 is 0. The largest absolute Gasteiger partial charge is 0.357 e. The molecule has 1 aromatic carbocycles. The number of nitrogens with zero attached hydrogens (tertiary/aromatic N) is 3. The van der Waals surface area contributed by atoms with Crippen molar-refractivity contribution in [1.82, 2.24) is 20.4 Å². The lowest BCUT2D eigenvalue weighted by atomic mass is 9.76. The van der Waals surface area contributed by atoms with Gasteiger partial charge in [-0.2, -0.15) is 5.10 Å². The first kappa shape index (κ1) is 19.0. The summed E-state index contributed by atoms with van der Waals surface area (Å²) < 4.78 is 1.81. The van der Waals surface area contributed by atoms with E-state index in [2.05, 4.69) is 66.8 Å². The number of aryl methyl sites for hydroxylation is 1. The maximum absolute atomic E-state index is 4.70. The Labute approximate surface area is 151 Å². The molecule has 0 fully saturated rings. The maximum atomic E-state index is 4.70. The minimum Gasteiger partial charge on any atom is -0.357 e. The highest BCUT2D eigenvalue weighted by Crippen LogP contribution is 2.30. The molecule has 0 aliphatic rings. The Kier molecular flexibility index (Phi) is 7.04. The zero-order valence-corrected chi connectivity index (χ0v) is 15.9. The van der Waals surface area contributed by atoms with E-state index in [4.69, 9.17) is 4.99 Å². The molecule has 0 spiro atoms. The Hall–Kier alpha value is -2.30. The smallest absolute Gasteiger partial charge is 0.191 e. The van der Waals surface area contributed by atoms with E-state index in [0.717, 1.165) is 37.5 Å². The Morgan fingerprint density at radius 1 is 1.12 bits per heavy atom. The third-order valence-electron chi connectivity index (χ3n) is 4.86. The first-order valence-electron chi connectivity index (χ1n) is 9.18. The maximum Gasteiger partial charge on any atom is 0.191 e. The Morgan fingerprint density at radius 3 is 2.40 bits per heavy atom. The summed E-state index contributed by atoms with van der Waals surface area (Å²) in [5.74, 6) is 0.855.